The predicted octanol–water partition coefficient (Wildman–Crippen LogP) is 3.45. The molecule has 1 rings (SSSR count). The molecule has 1 aromatic rings. The molecule has 1 aromatic carbocycles. The Kier molecular flexibility index (Phi) is 5.67. The van der Waals surface area contributed by atoms with Gasteiger partial charge in [-0.2, -0.15) is 0 Å². The van der Waals surface area contributed by atoms with Gasteiger partial charge in [0.05, 0.1) is 5.54 Å². The first kappa shape index (κ1) is 15.0. The van der Waals surface area contributed by atoms with Crippen molar-refractivity contribution in [1.29, 1.82) is 0 Å². The van der Waals surface area contributed by atoms with Gasteiger partial charge in [-0.05, 0) is 32.3 Å². The van der Waals surface area contributed by atoms with Crippen molar-refractivity contribution in [1.82, 2.24) is 5.32 Å². The molecule has 0 aliphatic heterocycles. The topological polar surface area (TPSA) is 29.1 Å². The maximum absolute atomic E-state index is 11.8. The van der Waals surface area contributed by atoms with Gasteiger partial charge < -0.3 is 5.32 Å². The highest BCUT2D eigenvalue weighted by Gasteiger charge is 2.22. The molecule has 1 amide bonds. The molecule has 1 N–H and O–H groups in total. The molecular weight excluding hydrogens is 246 g/mol. The monoisotopic (exact) mass is 267 g/mol. The van der Waals surface area contributed by atoms with Crippen molar-refractivity contribution in [3.8, 4) is 0 Å². The van der Waals surface area contributed by atoms with Gasteiger partial charge in [0, 0.05) is 12.3 Å². The van der Waals surface area contributed by atoms with E-state index in [1.165, 1.54) is 11.1 Å². The van der Waals surface area contributed by atoms with Crippen LogP contribution in [0.25, 0.3) is 0 Å². The number of amides is 1. The average Bonchev–Trinajstić information content (AvgIpc) is 2.38. The Morgan fingerprint density at radius 1 is 1.33 bits per heavy atom. The maximum Gasteiger partial charge on any atom is 0.220 e. The Morgan fingerprint density at radius 3 is 2.44 bits per heavy atom. The maximum atomic E-state index is 11.8. The van der Waals surface area contributed by atoms with E-state index in [0.717, 1.165) is 12.8 Å². The smallest absolute Gasteiger partial charge is 0.220 e. The van der Waals surface area contributed by atoms with E-state index >= 15 is 0 Å². The minimum absolute atomic E-state index is 0.0700. The SMILES string of the molecule is CCC(C)(CCl)NC(=O)CCc1ccc(C)cc1. The van der Waals surface area contributed by atoms with Crippen LogP contribution < -0.4 is 5.32 Å². The second kappa shape index (κ2) is 6.79. The summed E-state index contributed by atoms with van der Waals surface area (Å²) in [5.74, 6) is 0.514. The van der Waals surface area contributed by atoms with Crippen LogP contribution in [0.15, 0.2) is 24.3 Å². The molecule has 0 saturated heterocycles. The zero-order valence-electron chi connectivity index (χ0n) is 11.4. The predicted molar refractivity (Wildman–Crippen MR) is 77.1 cm³/mol. The van der Waals surface area contributed by atoms with Crippen LogP contribution in [-0.2, 0) is 11.2 Å². The van der Waals surface area contributed by atoms with Crippen LogP contribution in [0, 0.1) is 6.92 Å². The van der Waals surface area contributed by atoms with Gasteiger partial charge in [0.15, 0.2) is 0 Å². The zero-order valence-corrected chi connectivity index (χ0v) is 12.2. The van der Waals surface area contributed by atoms with Crippen molar-refractivity contribution in [2.45, 2.75) is 45.6 Å². The second-order valence-electron chi connectivity index (χ2n) is 5.08. The Bertz CT molecular complexity index is 382. The van der Waals surface area contributed by atoms with Gasteiger partial charge in [0.2, 0.25) is 5.91 Å². The third-order valence-corrected chi connectivity index (χ3v) is 3.87. The van der Waals surface area contributed by atoms with Gasteiger partial charge in [-0.25, -0.2) is 0 Å². The zero-order chi connectivity index (χ0) is 13.6. The van der Waals surface area contributed by atoms with Gasteiger partial charge in [-0.3, -0.25) is 4.79 Å². The summed E-state index contributed by atoms with van der Waals surface area (Å²) in [7, 11) is 0. The number of alkyl halides is 1. The van der Waals surface area contributed by atoms with Crippen LogP contribution in [0.3, 0.4) is 0 Å². The summed E-state index contributed by atoms with van der Waals surface area (Å²) in [6, 6.07) is 8.29. The molecule has 100 valence electrons. The first-order valence-electron chi connectivity index (χ1n) is 6.41. The molecule has 3 heteroatoms. The number of carbonyl (C=O) groups is 1. The summed E-state index contributed by atoms with van der Waals surface area (Å²) < 4.78 is 0. The number of nitrogens with one attached hydrogen (secondary N) is 1. The number of carbonyl (C=O) groups excluding carboxylic acids is 1. The molecule has 0 saturated carbocycles. The lowest BCUT2D eigenvalue weighted by molar-refractivity contribution is -0.122. The van der Waals surface area contributed by atoms with Gasteiger partial charge in [0.25, 0.3) is 0 Å². The number of halogens is 1. The van der Waals surface area contributed by atoms with E-state index < -0.39 is 0 Å². The minimum atomic E-state index is -0.286. The van der Waals surface area contributed by atoms with Crippen LogP contribution in [0.4, 0.5) is 0 Å². The fourth-order valence-electron chi connectivity index (χ4n) is 1.63. The first-order valence-corrected chi connectivity index (χ1v) is 6.95. The second-order valence-corrected chi connectivity index (χ2v) is 5.35. The van der Waals surface area contributed by atoms with Crippen molar-refractivity contribution in [2.75, 3.05) is 5.88 Å². The van der Waals surface area contributed by atoms with E-state index in [4.69, 9.17) is 11.6 Å². The van der Waals surface area contributed by atoms with Gasteiger partial charge >= 0.3 is 0 Å². The van der Waals surface area contributed by atoms with Gasteiger partial charge in [-0.15, -0.1) is 11.6 Å². The summed E-state index contributed by atoms with van der Waals surface area (Å²) >= 11 is 5.87. The summed E-state index contributed by atoms with van der Waals surface area (Å²) in [6.45, 7) is 6.07. The Balaban J connectivity index is 2.44. The van der Waals surface area contributed by atoms with Crippen LogP contribution in [0.5, 0.6) is 0 Å². The highest BCUT2D eigenvalue weighted by atomic mass is 35.5. The van der Waals surface area contributed by atoms with Crippen LogP contribution in [-0.4, -0.2) is 17.3 Å². The summed E-state index contributed by atoms with van der Waals surface area (Å²) in [4.78, 5) is 11.8. The van der Waals surface area contributed by atoms with E-state index in [1.54, 1.807) is 0 Å². The first-order chi connectivity index (χ1) is 8.49. The van der Waals surface area contributed by atoms with Crippen molar-refractivity contribution in [3.63, 3.8) is 0 Å². The standard InChI is InChI=1S/C15H22ClNO/c1-4-15(3,11-16)17-14(18)10-9-13-7-5-12(2)6-8-13/h5-8H,4,9-11H2,1-3H3,(H,17,18). The van der Waals surface area contributed by atoms with Crippen molar-refractivity contribution in [2.24, 2.45) is 0 Å². The van der Waals surface area contributed by atoms with E-state index in [-0.39, 0.29) is 11.4 Å². The molecule has 18 heavy (non-hydrogen) atoms. The normalized spacial score (nSPS) is 14.0. The Labute approximate surface area is 115 Å². The molecule has 0 fully saturated rings. The van der Waals surface area contributed by atoms with Gasteiger partial charge in [-0.1, -0.05) is 36.8 Å². The fraction of sp³-hybridized carbons (Fsp3) is 0.533. The summed E-state index contributed by atoms with van der Waals surface area (Å²) in [6.07, 6.45) is 2.12. The number of hydrogen-bond acceptors (Lipinski definition) is 1. The lowest BCUT2D eigenvalue weighted by atomic mass is 10.0. The number of rotatable bonds is 6. The molecule has 0 radical (unpaired) electrons. The summed E-state index contributed by atoms with van der Waals surface area (Å²) in [5, 5.41) is 3.00. The third kappa shape index (κ3) is 4.69. The van der Waals surface area contributed by atoms with Crippen molar-refractivity contribution < 1.29 is 4.79 Å². The van der Waals surface area contributed by atoms with Crippen molar-refractivity contribution in [3.05, 3.63) is 35.4 Å². The number of aryl methyl sites for hydroxylation is 2. The molecule has 0 aromatic heterocycles. The quantitative estimate of drug-likeness (QED) is 0.786. The molecule has 0 aliphatic rings. The van der Waals surface area contributed by atoms with E-state index in [0.29, 0.717) is 12.3 Å². The largest absolute Gasteiger partial charge is 0.350 e. The van der Waals surface area contributed by atoms with E-state index in [2.05, 4.69) is 36.5 Å². The molecule has 0 bridgehead atoms. The highest BCUT2D eigenvalue weighted by Crippen LogP contribution is 2.12. The molecular formula is C15H22ClNO. The summed E-state index contributed by atoms with van der Waals surface area (Å²) in [5.41, 5.74) is 2.15. The Morgan fingerprint density at radius 2 is 1.94 bits per heavy atom. The van der Waals surface area contributed by atoms with Crippen LogP contribution in [0.1, 0.15) is 37.8 Å². The fourth-order valence-corrected chi connectivity index (χ4v) is 1.88. The molecule has 2 nitrogen and oxygen atoms in total. The van der Waals surface area contributed by atoms with Crippen LogP contribution >= 0.6 is 11.6 Å². The van der Waals surface area contributed by atoms with Crippen LogP contribution in [0.2, 0.25) is 0 Å². The molecule has 0 aliphatic carbocycles. The minimum Gasteiger partial charge on any atom is -0.350 e. The molecule has 1 atom stereocenters. The molecule has 0 heterocycles. The van der Waals surface area contributed by atoms with Gasteiger partial charge in [0.1, 0.15) is 0 Å². The highest BCUT2D eigenvalue weighted by molar-refractivity contribution is 6.18. The lowest BCUT2D eigenvalue weighted by Crippen LogP contribution is -2.47. The molecule has 1 unspecified atom stereocenters. The average molecular weight is 268 g/mol. The lowest BCUT2D eigenvalue weighted by Gasteiger charge is -2.27. The third-order valence-electron chi connectivity index (χ3n) is 3.28. The molecule has 0 spiro atoms. The number of benzene rings is 1. The van der Waals surface area contributed by atoms with E-state index in [9.17, 15) is 4.79 Å². The van der Waals surface area contributed by atoms with Crippen molar-refractivity contribution >= 4 is 17.5 Å². The Hall–Kier alpha value is -1.02. The van der Waals surface area contributed by atoms with E-state index in [1.807, 2.05) is 13.8 Å². The number of hydrogen-bond donors (Lipinski definition) is 1.